The molecule has 1 aromatic rings. The molecule has 0 aromatic heterocycles. The Kier molecular flexibility index (Phi) is 4.31. The summed E-state index contributed by atoms with van der Waals surface area (Å²) in [6.07, 6.45) is 0. The topological polar surface area (TPSA) is 29.5 Å². The van der Waals surface area contributed by atoms with Crippen LogP contribution >= 0.6 is 11.6 Å². The van der Waals surface area contributed by atoms with Crippen molar-refractivity contribution in [2.24, 2.45) is 0 Å². The van der Waals surface area contributed by atoms with Gasteiger partial charge in [-0.25, -0.2) is 0 Å². The van der Waals surface area contributed by atoms with Gasteiger partial charge in [-0.2, -0.15) is 0 Å². The Labute approximate surface area is 88.5 Å². The van der Waals surface area contributed by atoms with Crippen LogP contribution in [0, 0.1) is 11.8 Å². The minimum Gasteiger partial charge on any atom is -0.495 e. The Balaban J connectivity index is 3.08. The van der Waals surface area contributed by atoms with E-state index in [1.807, 2.05) is 0 Å². The summed E-state index contributed by atoms with van der Waals surface area (Å²) in [5, 5.41) is 8.94. The summed E-state index contributed by atoms with van der Waals surface area (Å²) in [6.45, 7) is -0.000447. The normalized spacial score (nSPS) is 9.07. The van der Waals surface area contributed by atoms with E-state index >= 15 is 0 Å². The van der Waals surface area contributed by atoms with Crippen molar-refractivity contribution in [1.29, 1.82) is 0 Å². The molecule has 0 unspecified atom stereocenters. The van der Waals surface area contributed by atoms with Crippen LogP contribution in [0.2, 0.25) is 0 Å². The number of aliphatic hydroxyl groups is 1. The molecule has 0 amide bonds. The smallest absolute Gasteiger partial charge is 0.134 e. The van der Waals surface area contributed by atoms with E-state index in [0.717, 1.165) is 11.1 Å². The van der Waals surface area contributed by atoms with Gasteiger partial charge in [-0.3, -0.25) is 0 Å². The van der Waals surface area contributed by atoms with E-state index in [0.29, 0.717) is 5.75 Å². The lowest BCUT2D eigenvalue weighted by Gasteiger charge is -2.04. The quantitative estimate of drug-likeness (QED) is 0.596. The second kappa shape index (κ2) is 5.54. The molecule has 2 nitrogen and oxygen atoms in total. The van der Waals surface area contributed by atoms with E-state index in [1.54, 1.807) is 25.3 Å². The first-order chi connectivity index (χ1) is 6.81. The largest absolute Gasteiger partial charge is 0.495 e. The van der Waals surface area contributed by atoms with Crippen molar-refractivity contribution in [3.8, 4) is 17.6 Å². The average Bonchev–Trinajstić information content (AvgIpc) is 2.25. The SMILES string of the molecule is COc1ccc(CO)cc1C#CCCl. The van der Waals surface area contributed by atoms with Crippen LogP contribution in [-0.4, -0.2) is 18.1 Å². The molecule has 74 valence electrons. The fourth-order valence-corrected chi connectivity index (χ4v) is 1.15. The zero-order valence-electron chi connectivity index (χ0n) is 7.88. The van der Waals surface area contributed by atoms with Crippen molar-refractivity contribution in [1.82, 2.24) is 0 Å². The maximum atomic E-state index is 8.94. The summed E-state index contributed by atoms with van der Waals surface area (Å²) in [4.78, 5) is 0. The molecular formula is C11H11ClO2. The molecule has 1 aromatic carbocycles. The van der Waals surface area contributed by atoms with Crippen LogP contribution < -0.4 is 4.74 Å². The first-order valence-electron chi connectivity index (χ1n) is 4.14. The van der Waals surface area contributed by atoms with Gasteiger partial charge in [0, 0.05) is 0 Å². The molecule has 0 heterocycles. The van der Waals surface area contributed by atoms with Crippen molar-refractivity contribution in [3.05, 3.63) is 29.3 Å². The zero-order chi connectivity index (χ0) is 10.4. The van der Waals surface area contributed by atoms with Crippen molar-refractivity contribution >= 4 is 11.6 Å². The lowest BCUT2D eigenvalue weighted by Crippen LogP contribution is -1.91. The van der Waals surface area contributed by atoms with Crippen LogP contribution in [0.25, 0.3) is 0 Å². The second-order valence-corrected chi connectivity index (χ2v) is 2.90. The fraction of sp³-hybridized carbons (Fsp3) is 0.273. The van der Waals surface area contributed by atoms with E-state index in [-0.39, 0.29) is 12.5 Å². The van der Waals surface area contributed by atoms with Gasteiger partial charge in [0.1, 0.15) is 5.75 Å². The molecule has 0 fully saturated rings. The van der Waals surface area contributed by atoms with Crippen LogP contribution in [0.1, 0.15) is 11.1 Å². The van der Waals surface area contributed by atoms with E-state index < -0.39 is 0 Å². The standard InChI is InChI=1S/C11H11ClO2/c1-14-11-5-4-9(8-13)7-10(11)3-2-6-12/h4-5,7,13H,6,8H2,1H3. The molecule has 0 bridgehead atoms. The van der Waals surface area contributed by atoms with Crippen molar-refractivity contribution in [2.45, 2.75) is 6.61 Å². The predicted octanol–water partition coefficient (Wildman–Crippen LogP) is 1.78. The van der Waals surface area contributed by atoms with E-state index in [9.17, 15) is 0 Å². The number of hydrogen-bond acceptors (Lipinski definition) is 2. The average molecular weight is 211 g/mol. The van der Waals surface area contributed by atoms with E-state index in [1.165, 1.54) is 0 Å². The summed E-state index contributed by atoms with van der Waals surface area (Å²) in [7, 11) is 1.58. The number of rotatable bonds is 2. The van der Waals surface area contributed by atoms with Gasteiger partial charge in [0.15, 0.2) is 0 Å². The van der Waals surface area contributed by atoms with Crippen LogP contribution in [0.5, 0.6) is 5.75 Å². The van der Waals surface area contributed by atoms with Gasteiger partial charge in [0.2, 0.25) is 0 Å². The van der Waals surface area contributed by atoms with Crippen LogP contribution in [0.4, 0.5) is 0 Å². The van der Waals surface area contributed by atoms with E-state index in [2.05, 4.69) is 11.8 Å². The monoisotopic (exact) mass is 210 g/mol. The number of benzene rings is 1. The third kappa shape index (κ3) is 2.66. The molecular weight excluding hydrogens is 200 g/mol. The summed E-state index contributed by atoms with van der Waals surface area (Å²) < 4.78 is 5.11. The zero-order valence-corrected chi connectivity index (χ0v) is 8.64. The molecule has 0 saturated heterocycles. The Morgan fingerprint density at radius 3 is 2.86 bits per heavy atom. The van der Waals surface area contributed by atoms with Gasteiger partial charge in [0.05, 0.1) is 25.2 Å². The summed E-state index contributed by atoms with van der Waals surface area (Å²) in [5.41, 5.74) is 1.56. The molecule has 0 atom stereocenters. The predicted molar refractivity (Wildman–Crippen MR) is 56.5 cm³/mol. The van der Waals surface area contributed by atoms with Crippen LogP contribution in [0.15, 0.2) is 18.2 Å². The molecule has 14 heavy (non-hydrogen) atoms. The Hall–Kier alpha value is -1.17. The number of methoxy groups -OCH3 is 1. The lowest BCUT2D eigenvalue weighted by atomic mass is 10.1. The van der Waals surface area contributed by atoms with Gasteiger partial charge in [-0.1, -0.05) is 17.9 Å². The summed E-state index contributed by atoms with van der Waals surface area (Å²) in [6, 6.07) is 5.37. The van der Waals surface area contributed by atoms with Crippen LogP contribution in [0.3, 0.4) is 0 Å². The van der Waals surface area contributed by atoms with Crippen molar-refractivity contribution in [3.63, 3.8) is 0 Å². The minimum absolute atomic E-state index is 0.000447. The molecule has 0 aliphatic rings. The highest BCUT2D eigenvalue weighted by atomic mass is 35.5. The number of hydrogen-bond donors (Lipinski definition) is 1. The Bertz CT molecular complexity index is 363. The number of ether oxygens (including phenoxy) is 1. The molecule has 0 spiro atoms. The van der Waals surface area contributed by atoms with Gasteiger partial charge in [-0.05, 0) is 17.7 Å². The summed E-state index contributed by atoms with van der Waals surface area (Å²) >= 11 is 5.46. The maximum absolute atomic E-state index is 8.94. The molecule has 3 heteroatoms. The first kappa shape index (κ1) is 10.9. The van der Waals surface area contributed by atoms with Crippen molar-refractivity contribution < 1.29 is 9.84 Å². The molecule has 1 rings (SSSR count). The van der Waals surface area contributed by atoms with Gasteiger partial charge in [-0.15, -0.1) is 11.6 Å². The first-order valence-corrected chi connectivity index (χ1v) is 4.68. The lowest BCUT2D eigenvalue weighted by molar-refractivity contribution is 0.281. The van der Waals surface area contributed by atoms with Crippen LogP contribution in [-0.2, 0) is 6.61 Å². The molecule has 0 radical (unpaired) electrons. The molecule has 1 N–H and O–H groups in total. The van der Waals surface area contributed by atoms with Gasteiger partial charge in [0.25, 0.3) is 0 Å². The van der Waals surface area contributed by atoms with E-state index in [4.69, 9.17) is 21.4 Å². The van der Waals surface area contributed by atoms with Gasteiger partial charge < -0.3 is 9.84 Å². The number of halogens is 1. The number of alkyl halides is 1. The Morgan fingerprint density at radius 1 is 1.50 bits per heavy atom. The highest BCUT2D eigenvalue weighted by Gasteiger charge is 2.00. The Morgan fingerprint density at radius 2 is 2.29 bits per heavy atom. The highest BCUT2D eigenvalue weighted by molar-refractivity contribution is 6.19. The highest BCUT2D eigenvalue weighted by Crippen LogP contribution is 2.18. The number of aliphatic hydroxyl groups excluding tert-OH is 1. The second-order valence-electron chi connectivity index (χ2n) is 2.63. The third-order valence-electron chi connectivity index (χ3n) is 1.74. The summed E-state index contributed by atoms with van der Waals surface area (Å²) in [5.74, 6) is 6.59. The molecule has 0 saturated carbocycles. The molecule has 0 aliphatic heterocycles. The van der Waals surface area contributed by atoms with Crippen molar-refractivity contribution in [2.75, 3.05) is 13.0 Å². The molecule has 0 aliphatic carbocycles. The third-order valence-corrected chi connectivity index (χ3v) is 1.87. The maximum Gasteiger partial charge on any atom is 0.134 e. The van der Waals surface area contributed by atoms with Gasteiger partial charge >= 0.3 is 0 Å². The minimum atomic E-state index is -0.000447. The fourth-order valence-electron chi connectivity index (χ4n) is 1.08.